The van der Waals surface area contributed by atoms with Crippen molar-refractivity contribution in [3.05, 3.63) is 72.2 Å². The van der Waals surface area contributed by atoms with E-state index in [4.69, 9.17) is 4.52 Å². The zero-order valence-electron chi connectivity index (χ0n) is 14.5. The van der Waals surface area contributed by atoms with Crippen LogP contribution in [0.25, 0.3) is 11.3 Å². The van der Waals surface area contributed by atoms with Crippen molar-refractivity contribution in [2.24, 2.45) is 0 Å². The number of piperidine rings is 1. The van der Waals surface area contributed by atoms with Crippen LogP contribution in [-0.2, 0) is 12.0 Å². The summed E-state index contributed by atoms with van der Waals surface area (Å²) >= 11 is 0. The second-order valence-corrected chi connectivity index (χ2v) is 6.75. The van der Waals surface area contributed by atoms with Crippen LogP contribution in [0.15, 0.2) is 65.4 Å². The van der Waals surface area contributed by atoms with Crippen molar-refractivity contribution in [2.45, 2.75) is 24.8 Å². The van der Waals surface area contributed by atoms with Crippen LogP contribution in [0.3, 0.4) is 0 Å². The Balaban J connectivity index is 1.42. The molecule has 26 heavy (non-hydrogen) atoms. The zero-order chi connectivity index (χ0) is 17.8. The molecular formula is C21H20N4O. The molecule has 3 heterocycles. The van der Waals surface area contributed by atoms with E-state index in [1.165, 1.54) is 0 Å². The van der Waals surface area contributed by atoms with Gasteiger partial charge in [-0.25, -0.2) is 0 Å². The first-order valence-corrected chi connectivity index (χ1v) is 8.84. The van der Waals surface area contributed by atoms with Crippen molar-refractivity contribution >= 4 is 0 Å². The molecule has 0 atom stereocenters. The van der Waals surface area contributed by atoms with Gasteiger partial charge in [-0.3, -0.25) is 9.88 Å². The maximum Gasteiger partial charge on any atom is 0.151 e. The average Bonchev–Trinajstić information content (AvgIpc) is 3.19. The standard InChI is InChI=1S/C21H20N4O/c22-16-21(18-4-2-1-3-5-18)8-12-25(13-9-21)15-19-14-20(24-26-19)17-6-10-23-11-7-17/h1-7,10-11,14H,8-9,12-13,15H2. The smallest absolute Gasteiger partial charge is 0.151 e. The lowest BCUT2D eigenvalue weighted by Gasteiger charge is -2.37. The maximum absolute atomic E-state index is 9.80. The van der Waals surface area contributed by atoms with Crippen LogP contribution < -0.4 is 0 Å². The molecule has 130 valence electrons. The van der Waals surface area contributed by atoms with E-state index in [1.54, 1.807) is 12.4 Å². The number of hydrogen-bond donors (Lipinski definition) is 0. The molecule has 0 radical (unpaired) electrons. The number of nitriles is 1. The van der Waals surface area contributed by atoms with E-state index in [0.29, 0.717) is 6.54 Å². The topological polar surface area (TPSA) is 66.0 Å². The molecule has 0 bridgehead atoms. The van der Waals surface area contributed by atoms with Gasteiger partial charge >= 0.3 is 0 Å². The normalized spacial score (nSPS) is 16.9. The predicted octanol–water partition coefficient (Wildman–Crippen LogP) is 3.79. The fourth-order valence-electron chi connectivity index (χ4n) is 3.58. The van der Waals surface area contributed by atoms with E-state index >= 15 is 0 Å². The second-order valence-electron chi connectivity index (χ2n) is 6.75. The van der Waals surface area contributed by atoms with Crippen LogP contribution in [0, 0.1) is 11.3 Å². The van der Waals surface area contributed by atoms with E-state index in [1.807, 2.05) is 36.4 Å². The van der Waals surface area contributed by atoms with Crippen LogP contribution in [0.2, 0.25) is 0 Å². The summed E-state index contributed by atoms with van der Waals surface area (Å²) in [4.78, 5) is 6.35. The average molecular weight is 344 g/mol. The lowest BCUT2D eigenvalue weighted by molar-refractivity contribution is 0.163. The van der Waals surface area contributed by atoms with Crippen LogP contribution in [0.1, 0.15) is 24.2 Å². The Morgan fingerprint density at radius 1 is 1.08 bits per heavy atom. The highest BCUT2D eigenvalue weighted by atomic mass is 16.5. The molecule has 0 N–H and O–H groups in total. The van der Waals surface area contributed by atoms with E-state index < -0.39 is 0 Å². The first-order chi connectivity index (χ1) is 12.8. The van der Waals surface area contributed by atoms with Gasteiger partial charge in [-0.05, 0) is 30.5 Å². The van der Waals surface area contributed by atoms with Crippen LogP contribution >= 0.6 is 0 Å². The monoisotopic (exact) mass is 344 g/mol. The first kappa shape index (κ1) is 16.5. The second kappa shape index (κ2) is 7.11. The first-order valence-electron chi connectivity index (χ1n) is 8.84. The minimum atomic E-state index is -0.374. The van der Waals surface area contributed by atoms with Crippen molar-refractivity contribution in [1.29, 1.82) is 5.26 Å². The molecule has 1 aromatic carbocycles. The van der Waals surface area contributed by atoms with E-state index in [0.717, 1.165) is 48.5 Å². The number of pyridine rings is 1. The van der Waals surface area contributed by atoms with Gasteiger partial charge in [0.1, 0.15) is 5.69 Å². The van der Waals surface area contributed by atoms with Crippen molar-refractivity contribution in [3.8, 4) is 17.3 Å². The van der Waals surface area contributed by atoms with Crippen LogP contribution in [0.4, 0.5) is 0 Å². The Bertz CT molecular complexity index is 891. The minimum Gasteiger partial charge on any atom is -0.359 e. The Morgan fingerprint density at radius 3 is 2.50 bits per heavy atom. The number of hydrogen-bond acceptors (Lipinski definition) is 5. The Labute approximate surface area is 152 Å². The van der Waals surface area contributed by atoms with Gasteiger partial charge < -0.3 is 4.52 Å². The van der Waals surface area contributed by atoms with Gasteiger partial charge in [0, 0.05) is 37.1 Å². The summed E-state index contributed by atoms with van der Waals surface area (Å²) < 4.78 is 5.51. The minimum absolute atomic E-state index is 0.374. The number of aromatic nitrogens is 2. The highest BCUT2D eigenvalue weighted by Gasteiger charge is 2.36. The molecule has 1 aliphatic heterocycles. The third kappa shape index (κ3) is 3.24. The highest BCUT2D eigenvalue weighted by Crippen LogP contribution is 2.35. The quantitative estimate of drug-likeness (QED) is 0.720. The number of likely N-dealkylation sites (tertiary alicyclic amines) is 1. The summed E-state index contributed by atoms with van der Waals surface area (Å²) in [6, 6.07) is 18.5. The predicted molar refractivity (Wildman–Crippen MR) is 98.0 cm³/mol. The molecule has 0 spiro atoms. The summed E-state index contributed by atoms with van der Waals surface area (Å²) in [7, 11) is 0. The molecule has 3 aromatic rings. The molecule has 1 aliphatic rings. The van der Waals surface area contributed by atoms with Gasteiger partial charge in [0.15, 0.2) is 5.76 Å². The molecule has 1 saturated heterocycles. The molecule has 1 fully saturated rings. The maximum atomic E-state index is 9.80. The number of rotatable bonds is 4. The summed E-state index contributed by atoms with van der Waals surface area (Å²) in [5, 5.41) is 14.0. The molecule has 2 aromatic heterocycles. The largest absolute Gasteiger partial charge is 0.359 e. The number of nitrogens with zero attached hydrogens (tertiary/aromatic N) is 4. The molecule has 5 nitrogen and oxygen atoms in total. The van der Waals surface area contributed by atoms with Gasteiger partial charge in [0.25, 0.3) is 0 Å². The molecule has 0 unspecified atom stereocenters. The third-order valence-electron chi connectivity index (χ3n) is 5.16. The van der Waals surface area contributed by atoms with Gasteiger partial charge in [0.05, 0.1) is 18.0 Å². The molecule has 0 amide bonds. The Kier molecular flexibility index (Phi) is 4.51. The van der Waals surface area contributed by atoms with E-state index in [2.05, 4.69) is 33.2 Å². The third-order valence-corrected chi connectivity index (χ3v) is 5.16. The van der Waals surface area contributed by atoms with Crippen LogP contribution in [0.5, 0.6) is 0 Å². The molecule has 0 aliphatic carbocycles. The van der Waals surface area contributed by atoms with Gasteiger partial charge in [-0.15, -0.1) is 0 Å². The highest BCUT2D eigenvalue weighted by molar-refractivity contribution is 5.57. The van der Waals surface area contributed by atoms with Gasteiger partial charge in [-0.1, -0.05) is 35.5 Å². The van der Waals surface area contributed by atoms with E-state index in [-0.39, 0.29) is 5.41 Å². The van der Waals surface area contributed by atoms with Gasteiger partial charge in [-0.2, -0.15) is 5.26 Å². The summed E-state index contributed by atoms with van der Waals surface area (Å²) in [5.41, 5.74) is 2.58. The summed E-state index contributed by atoms with van der Waals surface area (Å²) in [6.07, 6.45) is 5.16. The molecule has 5 heteroatoms. The fourth-order valence-corrected chi connectivity index (χ4v) is 3.58. The molecule has 4 rings (SSSR count). The fraction of sp³-hybridized carbons (Fsp3) is 0.286. The van der Waals surface area contributed by atoms with Crippen molar-refractivity contribution < 1.29 is 4.52 Å². The number of benzene rings is 1. The van der Waals surface area contributed by atoms with Crippen molar-refractivity contribution in [2.75, 3.05) is 13.1 Å². The molecule has 0 saturated carbocycles. The van der Waals surface area contributed by atoms with Crippen LogP contribution in [-0.4, -0.2) is 28.1 Å². The lowest BCUT2D eigenvalue weighted by atomic mass is 9.74. The molecular weight excluding hydrogens is 324 g/mol. The zero-order valence-corrected chi connectivity index (χ0v) is 14.5. The van der Waals surface area contributed by atoms with Crippen molar-refractivity contribution in [3.63, 3.8) is 0 Å². The van der Waals surface area contributed by atoms with Gasteiger partial charge in [0.2, 0.25) is 0 Å². The summed E-state index contributed by atoms with van der Waals surface area (Å²) in [5.74, 6) is 0.848. The summed E-state index contributed by atoms with van der Waals surface area (Å²) in [6.45, 7) is 2.45. The Hall–Kier alpha value is -2.97. The SMILES string of the molecule is N#CC1(c2ccccc2)CCN(Cc2cc(-c3ccncc3)no2)CC1. The van der Waals surface area contributed by atoms with Crippen molar-refractivity contribution in [1.82, 2.24) is 15.0 Å². The Morgan fingerprint density at radius 2 is 1.81 bits per heavy atom. The lowest BCUT2D eigenvalue weighted by Crippen LogP contribution is -2.41. The van der Waals surface area contributed by atoms with E-state index in [9.17, 15) is 5.26 Å².